The molecule has 35 heavy (non-hydrogen) atoms. The van der Waals surface area contributed by atoms with Crippen LogP contribution in [0.3, 0.4) is 0 Å². The van der Waals surface area contributed by atoms with E-state index in [2.05, 4.69) is 25.5 Å². The summed E-state index contributed by atoms with van der Waals surface area (Å²) in [4.78, 5) is 37.8. The number of nitrogens with zero attached hydrogens (tertiary/aromatic N) is 5. The number of halogens is 3. The lowest BCUT2D eigenvalue weighted by Crippen LogP contribution is -2.49. The van der Waals surface area contributed by atoms with Gasteiger partial charge in [-0.2, -0.15) is 18.3 Å². The maximum absolute atomic E-state index is 13.4. The fourth-order valence-corrected chi connectivity index (χ4v) is 4.20. The molecule has 3 aromatic rings. The van der Waals surface area contributed by atoms with Gasteiger partial charge in [-0.05, 0) is 43.7 Å². The average Bonchev–Trinajstić information content (AvgIpc) is 3.50. The Morgan fingerprint density at radius 2 is 2.03 bits per heavy atom. The Morgan fingerprint density at radius 1 is 1.20 bits per heavy atom. The Bertz CT molecular complexity index is 1260. The van der Waals surface area contributed by atoms with Crippen LogP contribution < -0.4 is 20.4 Å². The first-order chi connectivity index (χ1) is 16.7. The van der Waals surface area contributed by atoms with Crippen LogP contribution in [0.1, 0.15) is 23.8 Å². The lowest BCUT2D eigenvalue weighted by atomic mass is 10.1. The van der Waals surface area contributed by atoms with Crippen molar-refractivity contribution < 1.29 is 22.8 Å². The summed E-state index contributed by atoms with van der Waals surface area (Å²) in [5, 5.41) is 11.4. The number of carbonyl (C=O) groups excluding carboxylic acids is 2. The first-order valence-corrected chi connectivity index (χ1v) is 10.9. The number of H-pyrrole nitrogens is 1. The van der Waals surface area contributed by atoms with Crippen molar-refractivity contribution in [2.24, 2.45) is 0 Å². The summed E-state index contributed by atoms with van der Waals surface area (Å²) in [6, 6.07) is 5.45. The molecule has 2 aliphatic rings. The summed E-state index contributed by atoms with van der Waals surface area (Å²) < 4.78 is 38.7. The van der Waals surface area contributed by atoms with Crippen molar-refractivity contribution in [2.45, 2.75) is 31.6 Å². The molecule has 10 nitrogen and oxygen atoms in total. The molecular formula is C22H21F3N8O2. The predicted octanol–water partition coefficient (Wildman–Crippen LogP) is 3.18. The van der Waals surface area contributed by atoms with Crippen LogP contribution in [0.15, 0.2) is 42.7 Å². The van der Waals surface area contributed by atoms with Crippen LogP contribution in [-0.4, -0.2) is 63.5 Å². The summed E-state index contributed by atoms with van der Waals surface area (Å²) in [6.45, 7) is 2.13. The second-order valence-corrected chi connectivity index (χ2v) is 8.36. The van der Waals surface area contributed by atoms with Crippen LogP contribution in [-0.2, 0) is 0 Å². The number of urea groups is 1. The molecule has 3 aromatic heterocycles. The molecule has 2 bridgehead atoms. The molecule has 5 heterocycles. The van der Waals surface area contributed by atoms with E-state index in [1.807, 2.05) is 10.2 Å². The van der Waals surface area contributed by atoms with E-state index in [0.29, 0.717) is 31.0 Å². The highest BCUT2D eigenvalue weighted by Crippen LogP contribution is 2.39. The molecule has 0 saturated carbocycles. The third kappa shape index (κ3) is 4.36. The van der Waals surface area contributed by atoms with Gasteiger partial charge in [-0.25, -0.2) is 14.8 Å². The minimum Gasteiger partial charge on any atom is -0.366 e. The largest absolute Gasteiger partial charge is 0.408 e. The highest BCUT2D eigenvalue weighted by atomic mass is 19.4. The van der Waals surface area contributed by atoms with Crippen LogP contribution >= 0.6 is 0 Å². The molecule has 13 heteroatoms. The van der Waals surface area contributed by atoms with E-state index in [4.69, 9.17) is 0 Å². The van der Waals surface area contributed by atoms with E-state index < -0.39 is 24.2 Å². The van der Waals surface area contributed by atoms with Gasteiger partial charge in [-0.15, -0.1) is 0 Å². The molecule has 1 saturated heterocycles. The van der Waals surface area contributed by atoms with Crippen LogP contribution in [0.5, 0.6) is 0 Å². The molecule has 0 unspecified atom stereocenters. The number of pyridine rings is 2. The summed E-state index contributed by atoms with van der Waals surface area (Å²) in [6.07, 6.45) is -0.745. The molecule has 2 aliphatic heterocycles. The van der Waals surface area contributed by atoms with E-state index >= 15 is 0 Å². The summed E-state index contributed by atoms with van der Waals surface area (Å²) in [7, 11) is 0. The normalized spacial score (nSPS) is 17.7. The first-order valence-electron chi connectivity index (χ1n) is 10.9. The van der Waals surface area contributed by atoms with Crippen LogP contribution in [0.4, 0.5) is 35.3 Å². The monoisotopic (exact) mass is 486 g/mol. The number of anilines is 3. The summed E-state index contributed by atoms with van der Waals surface area (Å²) >= 11 is 0. The molecule has 0 radical (unpaired) electrons. The van der Waals surface area contributed by atoms with Crippen molar-refractivity contribution in [3.63, 3.8) is 0 Å². The van der Waals surface area contributed by atoms with Crippen LogP contribution in [0.2, 0.25) is 0 Å². The van der Waals surface area contributed by atoms with E-state index in [1.165, 1.54) is 11.0 Å². The standard InChI is InChI=1S/C22H21F3N8O2/c1-12(22(23,24)25)28-20(34)16-2-3-17-19(29-16)33(14-6-9-32(17)11-14)21(35)30-18-10-13(4-7-26-18)15-5-8-27-31-15/h2-5,7-8,10,12,14H,6,9,11H2,1H3,(H,27,31)(H,28,34)(H,26,30,35)/t12-,14+/m1/s1. The average molecular weight is 486 g/mol. The maximum Gasteiger partial charge on any atom is 0.408 e. The SMILES string of the molecule is C[C@@H](NC(=O)c1ccc2c(n1)N(C(=O)Nc1cc(-c3ccn[nH]3)ccn1)[C@H]1CCN2C1)C(F)(F)F. The van der Waals surface area contributed by atoms with Gasteiger partial charge in [0.15, 0.2) is 5.82 Å². The number of aromatic nitrogens is 4. The van der Waals surface area contributed by atoms with Crippen molar-refractivity contribution in [1.29, 1.82) is 0 Å². The van der Waals surface area contributed by atoms with E-state index in [-0.39, 0.29) is 17.6 Å². The zero-order valence-electron chi connectivity index (χ0n) is 18.5. The third-order valence-corrected chi connectivity index (χ3v) is 6.05. The van der Waals surface area contributed by atoms with Crippen LogP contribution in [0.25, 0.3) is 11.3 Å². The maximum atomic E-state index is 13.4. The lowest BCUT2D eigenvalue weighted by molar-refractivity contribution is -0.149. The van der Waals surface area contributed by atoms with E-state index in [0.717, 1.165) is 18.2 Å². The van der Waals surface area contributed by atoms with Crippen molar-refractivity contribution in [3.05, 3.63) is 48.4 Å². The molecule has 2 atom stereocenters. The van der Waals surface area contributed by atoms with Gasteiger partial charge in [0.25, 0.3) is 5.91 Å². The van der Waals surface area contributed by atoms with Gasteiger partial charge in [0.2, 0.25) is 0 Å². The smallest absolute Gasteiger partial charge is 0.366 e. The molecule has 0 aliphatic carbocycles. The quantitative estimate of drug-likeness (QED) is 0.521. The van der Waals surface area contributed by atoms with Gasteiger partial charge in [-0.1, -0.05) is 0 Å². The number of fused-ring (bicyclic) bond motifs is 4. The molecule has 0 aromatic carbocycles. The fraction of sp³-hybridized carbons (Fsp3) is 0.318. The number of alkyl halides is 3. The third-order valence-electron chi connectivity index (χ3n) is 6.05. The molecule has 182 valence electrons. The van der Waals surface area contributed by atoms with Crippen molar-refractivity contribution in [2.75, 3.05) is 28.2 Å². The number of rotatable bonds is 4. The first kappa shape index (κ1) is 22.6. The topological polar surface area (TPSA) is 119 Å². The highest BCUT2D eigenvalue weighted by Gasteiger charge is 2.41. The van der Waals surface area contributed by atoms with Gasteiger partial charge >= 0.3 is 12.2 Å². The number of hydrogen-bond acceptors (Lipinski definition) is 6. The van der Waals surface area contributed by atoms with Crippen molar-refractivity contribution in [3.8, 4) is 11.3 Å². The van der Waals surface area contributed by atoms with Gasteiger partial charge < -0.3 is 10.2 Å². The zero-order valence-corrected chi connectivity index (χ0v) is 18.5. The molecule has 1 fully saturated rings. The number of amides is 3. The fourth-order valence-electron chi connectivity index (χ4n) is 4.20. The number of carbonyl (C=O) groups is 2. The van der Waals surface area contributed by atoms with Gasteiger partial charge in [0.05, 0.1) is 17.4 Å². The minimum atomic E-state index is -4.58. The molecule has 0 spiro atoms. The minimum absolute atomic E-state index is 0.209. The summed E-state index contributed by atoms with van der Waals surface area (Å²) in [5.41, 5.74) is 1.95. The Morgan fingerprint density at radius 3 is 2.77 bits per heavy atom. The van der Waals surface area contributed by atoms with E-state index in [1.54, 1.807) is 36.7 Å². The van der Waals surface area contributed by atoms with Gasteiger partial charge in [0.1, 0.15) is 17.6 Å². The second kappa shape index (κ2) is 8.56. The Hall–Kier alpha value is -4.16. The zero-order chi connectivity index (χ0) is 24.7. The molecule has 3 N–H and O–H groups in total. The lowest BCUT2D eigenvalue weighted by Gasteiger charge is -2.35. The van der Waals surface area contributed by atoms with Crippen molar-refractivity contribution >= 4 is 29.3 Å². The van der Waals surface area contributed by atoms with Crippen LogP contribution in [0, 0.1) is 0 Å². The van der Waals surface area contributed by atoms with E-state index in [9.17, 15) is 22.8 Å². The Labute approximate surface area is 197 Å². The summed E-state index contributed by atoms with van der Waals surface area (Å²) in [5.74, 6) is -0.454. The molecule has 5 rings (SSSR count). The number of aromatic amines is 1. The van der Waals surface area contributed by atoms with Crippen molar-refractivity contribution in [1.82, 2.24) is 25.5 Å². The Balaban J connectivity index is 1.42. The molecular weight excluding hydrogens is 465 g/mol. The predicted molar refractivity (Wildman–Crippen MR) is 121 cm³/mol. The highest BCUT2D eigenvalue weighted by molar-refractivity contribution is 6.05. The Kier molecular flexibility index (Phi) is 5.53. The number of nitrogens with one attached hydrogen (secondary N) is 3. The second-order valence-electron chi connectivity index (χ2n) is 8.36. The van der Waals surface area contributed by atoms with Gasteiger partial charge in [-0.3, -0.25) is 20.1 Å². The number of hydrogen-bond donors (Lipinski definition) is 3. The van der Waals surface area contributed by atoms with Gasteiger partial charge in [0, 0.05) is 31.0 Å². The molecule has 3 amide bonds.